The van der Waals surface area contributed by atoms with Crippen LogP contribution in [0.2, 0.25) is 0 Å². The summed E-state index contributed by atoms with van der Waals surface area (Å²) in [6.07, 6.45) is 11.3. The lowest BCUT2D eigenvalue weighted by atomic mass is 9.83. The predicted molar refractivity (Wildman–Crippen MR) is 414 cm³/mol. The number of halogens is 1. The molecular formula is C85H81BrN10O12. The minimum absolute atomic E-state index is 0.00791. The van der Waals surface area contributed by atoms with Gasteiger partial charge in [-0.25, -0.2) is 0 Å². The molecule has 3 aliphatic heterocycles. The summed E-state index contributed by atoms with van der Waals surface area (Å²) < 4.78 is 27.7. The first-order valence-electron chi connectivity index (χ1n) is 35.5. The molecule has 15 rings (SSSR count). The smallest absolute Gasteiger partial charge is 0.274 e. The van der Waals surface area contributed by atoms with Crippen LogP contribution < -0.4 is 21.0 Å². The second kappa shape index (κ2) is 34.5. The first-order valence-corrected chi connectivity index (χ1v) is 36.3. The van der Waals surface area contributed by atoms with Gasteiger partial charge < -0.3 is 57.6 Å². The molecule has 3 aliphatic rings. The molecule has 5 aromatic heterocycles. The van der Waals surface area contributed by atoms with Crippen molar-refractivity contribution in [1.82, 2.24) is 48.8 Å². The van der Waals surface area contributed by atoms with Gasteiger partial charge in [-0.05, 0) is 54.9 Å². The van der Waals surface area contributed by atoms with Gasteiger partial charge in [0.15, 0.2) is 34.3 Å². The largest absolute Gasteiger partial charge is 0.503 e. The zero-order valence-electron chi connectivity index (χ0n) is 59.7. The van der Waals surface area contributed by atoms with Crippen molar-refractivity contribution in [3.63, 3.8) is 0 Å². The molecule has 550 valence electrons. The van der Waals surface area contributed by atoms with E-state index in [0.717, 1.165) is 38.9 Å². The lowest BCUT2D eigenvalue weighted by Gasteiger charge is -2.40. The van der Waals surface area contributed by atoms with E-state index in [0.29, 0.717) is 74.7 Å². The van der Waals surface area contributed by atoms with Crippen molar-refractivity contribution in [3.05, 3.63) is 347 Å². The van der Waals surface area contributed by atoms with Gasteiger partial charge in [0.25, 0.3) is 17.7 Å². The molecule has 12 aromatic rings. The molecule has 0 aliphatic carbocycles. The third kappa shape index (κ3) is 15.8. The summed E-state index contributed by atoms with van der Waals surface area (Å²) in [7, 11) is 4.78. The number of amides is 3. The standard InChI is InChI=1S/C31H29BrN2O4.2C27H26N4O4/c1-37-18-17-33-20-26(27(23-13-7-3-8-14-23)24-15-9-4-10-16-24)34-19-25(32)29(35)30(28(34)31(33)36)38-21-22-11-5-2-6-12-22;2*1-35-13-12-30-17-22(23(18-8-4-2-5-9-18)19-10-6-3-7-11-19)31-16-21(20-14-28-29-15-20)25(32)26(33)24(31)27(30)34/h2-16,19,26-27H,17-18,20-21H2,1H3;2*2-11,14-16,22-23,33H,12-13,17H2,1H3,(H,28,29)/t26-;2*22-/m111/s1. The Bertz CT molecular complexity index is 4880. The summed E-state index contributed by atoms with van der Waals surface area (Å²) in [5.41, 5.74) is 7.78. The van der Waals surface area contributed by atoms with Crippen LogP contribution in [-0.2, 0) is 20.8 Å². The quantitative estimate of drug-likeness (QED) is 0.0464. The van der Waals surface area contributed by atoms with Crippen molar-refractivity contribution in [2.45, 2.75) is 42.5 Å². The molecular weight excluding hydrogens is 1430 g/mol. The Morgan fingerprint density at radius 3 is 1.01 bits per heavy atom. The highest BCUT2D eigenvalue weighted by Gasteiger charge is 2.43. The van der Waals surface area contributed by atoms with E-state index >= 15 is 0 Å². The minimum atomic E-state index is -0.602. The number of aromatic hydroxyl groups is 2. The Morgan fingerprint density at radius 1 is 0.417 bits per heavy atom. The highest BCUT2D eigenvalue weighted by Crippen LogP contribution is 2.45. The Labute approximate surface area is 631 Å². The minimum Gasteiger partial charge on any atom is -0.503 e. The van der Waals surface area contributed by atoms with Crippen LogP contribution in [0.1, 0.15) is 106 Å². The Hall–Kier alpha value is -12.0. The van der Waals surface area contributed by atoms with E-state index < -0.39 is 34.2 Å². The number of carbonyl (C=O) groups excluding carboxylic acids is 3. The van der Waals surface area contributed by atoms with E-state index in [1.807, 2.05) is 144 Å². The van der Waals surface area contributed by atoms with E-state index in [2.05, 4.69) is 109 Å². The van der Waals surface area contributed by atoms with Crippen LogP contribution in [0.5, 0.6) is 17.2 Å². The number of hydrogen-bond donors (Lipinski definition) is 4. The molecule has 108 heavy (non-hydrogen) atoms. The van der Waals surface area contributed by atoms with Crippen LogP contribution in [0.3, 0.4) is 0 Å². The number of benzene rings is 7. The molecule has 0 bridgehead atoms. The van der Waals surface area contributed by atoms with Gasteiger partial charge in [0.1, 0.15) is 6.61 Å². The van der Waals surface area contributed by atoms with E-state index in [9.17, 15) is 39.0 Å². The van der Waals surface area contributed by atoms with Gasteiger partial charge in [0, 0.05) is 120 Å². The Morgan fingerprint density at radius 2 is 0.713 bits per heavy atom. The summed E-state index contributed by atoms with van der Waals surface area (Å²) in [5.74, 6) is -2.46. The van der Waals surface area contributed by atoms with E-state index in [1.165, 1.54) is 12.4 Å². The number of pyridine rings is 3. The number of aromatic nitrogens is 7. The zero-order chi connectivity index (χ0) is 75.2. The molecule has 0 radical (unpaired) electrons. The fourth-order valence-electron chi connectivity index (χ4n) is 14.8. The fraction of sp³-hybridized carbons (Fsp3) is 0.224. The van der Waals surface area contributed by atoms with Crippen LogP contribution in [-0.4, -0.2) is 157 Å². The maximum absolute atomic E-state index is 13.9. The van der Waals surface area contributed by atoms with E-state index in [1.54, 1.807) is 76.1 Å². The van der Waals surface area contributed by atoms with Crippen molar-refractivity contribution >= 4 is 33.7 Å². The molecule has 0 spiro atoms. The summed E-state index contributed by atoms with van der Waals surface area (Å²) in [6, 6.07) is 69.7. The first kappa shape index (κ1) is 74.3. The molecule has 3 atom stereocenters. The van der Waals surface area contributed by atoms with Crippen LogP contribution in [0.15, 0.2) is 275 Å². The number of carbonyl (C=O) groups is 3. The number of methoxy groups -OCH3 is 3. The molecule has 8 heterocycles. The number of rotatable bonds is 23. The van der Waals surface area contributed by atoms with Crippen molar-refractivity contribution in [1.29, 1.82) is 0 Å². The molecule has 23 heteroatoms. The van der Waals surface area contributed by atoms with Crippen molar-refractivity contribution < 1.29 is 43.5 Å². The number of H-pyrrole nitrogens is 2. The van der Waals surface area contributed by atoms with Gasteiger partial charge in [-0.2, -0.15) is 10.2 Å². The molecule has 3 amide bonds. The summed E-state index contributed by atoms with van der Waals surface area (Å²) >= 11 is 3.46. The Balaban J connectivity index is 0.000000143. The maximum Gasteiger partial charge on any atom is 0.274 e. The summed E-state index contributed by atoms with van der Waals surface area (Å²) in [5, 5.41) is 35.4. The highest BCUT2D eigenvalue weighted by molar-refractivity contribution is 9.10. The van der Waals surface area contributed by atoms with Crippen molar-refractivity contribution in [2.24, 2.45) is 0 Å². The van der Waals surface area contributed by atoms with Crippen molar-refractivity contribution in [3.8, 4) is 39.5 Å². The monoisotopic (exact) mass is 1510 g/mol. The van der Waals surface area contributed by atoms with Gasteiger partial charge in [-0.3, -0.25) is 39.0 Å². The average molecular weight is 1510 g/mol. The van der Waals surface area contributed by atoms with E-state index in [4.69, 9.17) is 18.9 Å². The molecule has 0 fully saturated rings. The third-order valence-electron chi connectivity index (χ3n) is 20.0. The number of fused-ring (bicyclic) bond motifs is 3. The first-order chi connectivity index (χ1) is 52.8. The second-order valence-corrected chi connectivity index (χ2v) is 27.3. The molecule has 4 N–H and O–H groups in total. The average Bonchev–Trinajstić information content (AvgIpc) is 0.842. The van der Waals surface area contributed by atoms with Crippen LogP contribution in [0.25, 0.3) is 22.3 Å². The summed E-state index contributed by atoms with van der Waals surface area (Å²) in [6.45, 7) is 3.58. The van der Waals surface area contributed by atoms with Crippen LogP contribution in [0.4, 0.5) is 0 Å². The predicted octanol–water partition coefficient (Wildman–Crippen LogP) is 12.5. The molecule has 0 saturated heterocycles. The molecule has 0 saturated carbocycles. The lowest BCUT2D eigenvalue weighted by molar-refractivity contribution is 0.0574. The van der Waals surface area contributed by atoms with Crippen LogP contribution in [0, 0.1) is 0 Å². The van der Waals surface area contributed by atoms with E-state index in [-0.39, 0.29) is 87.8 Å². The lowest BCUT2D eigenvalue weighted by Crippen LogP contribution is -2.47. The highest BCUT2D eigenvalue weighted by atomic mass is 79.9. The number of nitrogens with one attached hydrogen (secondary N) is 2. The normalized spacial score (nSPS) is 15.3. The third-order valence-corrected chi connectivity index (χ3v) is 20.5. The number of nitrogens with zero attached hydrogens (tertiary/aromatic N) is 8. The van der Waals surface area contributed by atoms with Crippen LogP contribution >= 0.6 is 15.9 Å². The SMILES string of the molecule is COCCN1C[C@H](C(c2ccccc2)c2ccccc2)n2cc(-c3cn[nH]c3)c(=O)c(O)c2C1=O.COCCN1C[C@H](C(c2ccccc2)c2ccccc2)n2cc(-c3cn[nH]c3)c(=O)c(O)c2C1=O.COCCN1C[C@H](C(c2ccccc2)c2ccccc2)n2cc(Br)c(=O)c(OCc3ccccc3)c2C1=O. The van der Waals surface area contributed by atoms with Gasteiger partial charge in [-0.15, -0.1) is 0 Å². The maximum atomic E-state index is 13.9. The van der Waals surface area contributed by atoms with Gasteiger partial charge in [0.05, 0.1) is 65.9 Å². The Kier molecular flexibility index (Phi) is 23.7. The molecule has 0 unspecified atom stereocenters. The number of hydrogen-bond acceptors (Lipinski definition) is 14. The molecule has 22 nitrogen and oxygen atoms in total. The second-order valence-electron chi connectivity index (χ2n) is 26.4. The van der Waals surface area contributed by atoms with Gasteiger partial charge in [0.2, 0.25) is 16.3 Å². The summed E-state index contributed by atoms with van der Waals surface area (Å²) in [4.78, 5) is 85.5. The van der Waals surface area contributed by atoms with Gasteiger partial charge >= 0.3 is 0 Å². The number of aromatic amines is 2. The number of ether oxygens (including phenoxy) is 4. The topological polar surface area (TPSA) is 262 Å². The fourth-order valence-corrected chi connectivity index (χ4v) is 15.2. The van der Waals surface area contributed by atoms with Crippen molar-refractivity contribution in [2.75, 3.05) is 80.4 Å². The van der Waals surface area contributed by atoms with Gasteiger partial charge in [-0.1, -0.05) is 212 Å². The zero-order valence-corrected chi connectivity index (χ0v) is 61.3. The molecule has 7 aromatic carbocycles.